The monoisotopic (exact) mass is 361 g/mol. The molecular formula is C16H20FN7O2. The molecule has 0 radical (unpaired) electrons. The van der Waals surface area contributed by atoms with E-state index in [1.807, 2.05) is 0 Å². The molecule has 138 valence electrons. The van der Waals surface area contributed by atoms with Gasteiger partial charge in [-0.1, -0.05) is 0 Å². The Morgan fingerprint density at radius 2 is 2.12 bits per heavy atom. The van der Waals surface area contributed by atoms with Crippen molar-refractivity contribution in [1.29, 1.82) is 0 Å². The fourth-order valence-corrected chi connectivity index (χ4v) is 2.79. The molecule has 26 heavy (non-hydrogen) atoms. The van der Waals surface area contributed by atoms with Gasteiger partial charge in [0, 0.05) is 38.2 Å². The first-order valence-corrected chi connectivity index (χ1v) is 8.26. The number of aromatic nitrogens is 3. The number of piperazine rings is 1. The second-order valence-corrected chi connectivity index (χ2v) is 5.94. The number of rotatable bonds is 5. The number of aromatic amines is 1. The van der Waals surface area contributed by atoms with E-state index in [-0.39, 0.29) is 30.0 Å². The van der Waals surface area contributed by atoms with Crippen molar-refractivity contribution in [3.8, 4) is 0 Å². The van der Waals surface area contributed by atoms with E-state index < -0.39 is 6.04 Å². The van der Waals surface area contributed by atoms with Crippen molar-refractivity contribution in [2.45, 2.75) is 18.9 Å². The van der Waals surface area contributed by atoms with Crippen LogP contribution in [0.4, 0.5) is 16.0 Å². The number of nitrogens with one attached hydrogen (secondary N) is 3. The molecule has 1 fully saturated rings. The molecule has 1 aromatic heterocycles. The summed E-state index contributed by atoms with van der Waals surface area (Å²) in [6.07, 6.45) is 0.550. The molecule has 1 aromatic carbocycles. The lowest BCUT2D eigenvalue weighted by atomic mass is 10.1. The summed E-state index contributed by atoms with van der Waals surface area (Å²) in [5, 5.41) is 12.2. The van der Waals surface area contributed by atoms with E-state index >= 15 is 0 Å². The van der Waals surface area contributed by atoms with Gasteiger partial charge in [0.1, 0.15) is 17.7 Å². The molecule has 3 rings (SSSR count). The molecule has 2 aromatic rings. The number of nitrogens with zero attached hydrogens (tertiary/aromatic N) is 3. The van der Waals surface area contributed by atoms with Gasteiger partial charge in [-0.2, -0.15) is 4.98 Å². The first-order chi connectivity index (χ1) is 12.5. The summed E-state index contributed by atoms with van der Waals surface area (Å²) in [4.78, 5) is 30.6. The van der Waals surface area contributed by atoms with Crippen LogP contribution in [-0.2, 0) is 16.0 Å². The van der Waals surface area contributed by atoms with Crippen LogP contribution in [0, 0.1) is 5.82 Å². The van der Waals surface area contributed by atoms with Crippen LogP contribution in [0.15, 0.2) is 24.3 Å². The number of nitrogens with two attached hydrogens (primary N) is 1. The van der Waals surface area contributed by atoms with E-state index in [1.54, 1.807) is 4.90 Å². The number of hydrogen-bond donors (Lipinski definition) is 4. The Morgan fingerprint density at radius 3 is 2.81 bits per heavy atom. The smallest absolute Gasteiger partial charge is 0.248 e. The maximum atomic E-state index is 13.0. The molecule has 2 heterocycles. The SMILES string of the molecule is Nc1n[nH]c(CCC(=O)N2CCNC[C@H]2C(=O)Nc2ccc(F)cc2)n1. The van der Waals surface area contributed by atoms with Crippen molar-refractivity contribution in [2.24, 2.45) is 0 Å². The Balaban J connectivity index is 1.61. The maximum Gasteiger partial charge on any atom is 0.248 e. The molecule has 1 aliphatic heterocycles. The number of nitrogen functional groups attached to an aromatic ring is 1. The second-order valence-electron chi connectivity index (χ2n) is 5.94. The van der Waals surface area contributed by atoms with Gasteiger partial charge in [0.05, 0.1) is 0 Å². The molecule has 5 N–H and O–H groups in total. The number of amides is 2. The van der Waals surface area contributed by atoms with E-state index in [0.717, 1.165) is 0 Å². The molecule has 9 nitrogen and oxygen atoms in total. The normalized spacial score (nSPS) is 17.1. The summed E-state index contributed by atoms with van der Waals surface area (Å²) in [5.41, 5.74) is 5.92. The third-order valence-corrected chi connectivity index (χ3v) is 4.10. The molecule has 0 aliphatic carbocycles. The van der Waals surface area contributed by atoms with E-state index in [0.29, 0.717) is 37.6 Å². The van der Waals surface area contributed by atoms with Crippen LogP contribution < -0.4 is 16.4 Å². The minimum Gasteiger partial charge on any atom is -0.367 e. The summed E-state index contributed by atoms with van der Waals surface area (Å²) < 4.78 is 13.0. The van der Waals surface area contributed by atoms with E-state index in [2.05, 4.69) is 25.8 Å². The minimum atomic E-state index is -0.638. The predicted octanol–water partition coefficient (Wildman–Crippen LogP) is -0.102. The highest BCUT2D eigenvalue weighted by atomic mass is 19.1. The van der Waals surface area contributed by atoms with Crippen molar-refractivity contribution in [1.82, 2.24) is 25.4 Å². The quantitative estimate of drug-likeness (QED) is 0.588. The summed E-state index contributed by atoms with van der Waals surface area (Å²) in [5.74, 6) is -0.196. The molecule has 1 saturated heterocycles. The van der Waals surface area contributed by atoms with E-state index in [1.165, 1.54) is 24.3 Å². The number of anilines is 2. The van der Waals surface area contributed by atoms with Gasteiger partial charge in [-0.25, -0.2) is 4.39 Å². The van der Waals surface area contributed by atoms with Gasteiger partial charge in [0.25, 0.3) is 0 Å². The highest BCUT2D eigenvalue weighted by Gasteiger charge is 2.31. The van der Waals surface area contributed by atoms with Gasteiger partial charge in [-0.05, 0) is 24.3 Å². The number of aryl methyl sites for hydroxylation is 1. The first-order valence-electron chi connectivity index (χ1n) is 8.26. The van der Waals surface area contributed by atoms with Gasteiger partial charge in [-0.3, -0.25) is 14.7 Å². The molecule has 10 heteroatoms. The zero-order valence-corrected chi connectivity index (χ0v) is 14.0. The summed E-state index contributed by atoms with van der Waals surface area (Å²) >= 11 is 0. The summed E-state index contributed by atoms with van der Waals surface area (Å²) in [6, 6.07) is 4.84. The zero-order valence-electron chi connectivity index (χ0n) is 14.0. The predicted molar refractivity (Wildman–Crippen MR) is 92.5 cm³/mol. The minimum absolute atomic E-state index is 0.131. The number of benzene rings is 1. The largest absolute Gasteiger partial charge is 0.367 e. The third kappa shape index (κ3) is 4.33. The highest BCUT2D eigenvalue weighted by Crippen LogP contribution is 2.13. The van der Waals surface area contributed by atoms with Crippen LogP contribution >= 0.6 is 0 Å². The van der Waals surface area contributed by atoms with Crippen molar-refractivity contribution < 1.29 is 14.0 Å². The van der Waals surface area contributed by atoms with Crippen molar-refractivity contribution >= 4 is 23.5 Å². The molecule has 0 unspecified atom stereocenters. The summed E-state index contributed by atoms with van der Waals surface area (Å²) in [6.45, 7) is 1.40. The second kappa shape index (κ2) is 7.91. The maximum absolute atomic E-state index is 13.0. The first kappa shape index (κ1) is 17.8. The number of H-pyrrole nitrogens is 1. The molecule has 1 atom stereocenters. The lowest BCUT2D eigenvalue weighted by molar-refractivity contribution is -0.139. The third-order valence-electron chi connectivity index (χ3n) is 4.10. The van der Waals surface area contributed by atoms with Gasteiger partial charge in [0.15, 0.2) is 0 Å². The van der Waals surface area contributed by atoms with Crippen LogP contribution in [0.5, 0.6) is 0 Å². The Hall–Kier alpha value is -3.01. The molecule has 0 bridgehead atoms. The molecular weight excluding hydrogens is 341 g/mol. The Bertz CT molecular complexity index is 777. The van der Waals surface area contributed by atoms with E-state index in [9.17, 15) is 14.0 Å². The zero-order chi connectivity index (χ0) is 18.5. The van der Waals surface area contributed by atoms with E-state index in [4.69, 9.17) is 5.73 Å². The number of hydrogen-bond acceptors (Lipinski definition) is 6. The Morgan fingerprint density at radius 1 is 1.35 bits per heavy atom. The fourth-order valence-electron chi connectivity index (χ4n) is 2.79. The van der Waals surface area contributed by atoms with Crippen molar-refractivity contribution in [3.05, 3.63) is 35.9 Å². The Kier molecular flexibility index (Phi) is 5.42. The average Bonchev–Trinajstić information content (AvgIpc) is 3.07. The number of carbonyl (C=O) groups excluding carboxylic acids is 2. The molecule has 2 amide bonds. The van der Waals surface area contributed by atoms with Crippen LogP contribution in [0.25, 0.3) is 0 Å². The van der Waals surface area contributed by atoms with Crippen LogP contribution in [0.1, 0.15) is 12.2 Å². The van der Waals surface area contributed by atoms with Crippen LogP contribution in [0.2, 0.25) is 0 Å². The summed E-state index contributed by atoms with van der Waals surface area (Å²) in [7, 11) is 0. The van der Waals surface area contributed by atoms with Crippen molar-refractivity contribution in [3.63, 3.8) is 0 Å². The number of carbonyl (C=O) groups is 2. The molecule has 1 aliphatic rings. The average molecular weight is 361 g/mol. The lowest BCUT2D eigenvalue weighted by Crippen LogP contribution is -2.58. The van der Waals surface area contributed by atoms with Crippen LogP contribution in [-0.4, -0.2) is 57.6 Å². The topological polar surface area (TPSA) is 129 Å². The molecule has 0 spiro atoms. The molecule has 0 saturated carbocycles. The fraction of sp³-hybridized carbons (Fsp3) is 0.375. The van der Waals surface area contributed by atoms with Crippen LogP contribution in [0.3, 0.4) is 0 Å². The van der Waals surface area contributed by atoms with Gasteiger partial charge < -0.3 is 21.3 Å². The van der Waals surface area contributed by atoms with Gasteiger partial charge >= 0.3 is 0 Å². The number of halogens is 1. The lowest BCUT2D eigenvalue weighted by Gasteiger charge is -2.35. The van der Waals surface area contributed by atoms with Gasteiger partial charge in [-0.15, -0.1) is 5.10 Å². The highest BCUT2D eigenvalue weighted by molar-refractivity contribution is 5.97. The van der Waals surface area contributed by atoms with Gasteiger partial charge in [0.2, 0.25) is 17.8 Å². The van der Waals surface area contributed by atoms with Crippen molar-refractivity contribution in [2.75, 3.05) is 30.7 Å². The Labute approximate surface area is 149 Å². The standard InChI is InChI=1S/C16H20FN7O2/c17-10-1-3-11(4-2-10)20-15(26)12-9-19-7-8-24(12)14(25)6-5-13-21-16(18)23-22-13/h1-4,12,19H,5-9H2,(H,20,26)(H3,18,21,22,23)/t12-/m0/s1.